The Hall–Kier alpha value is -2.05. The van der Waals surface area contributed by atoms with Crippen LogP contribution in [0.2, 0.25) is 0 Å². The number of carbonyl (C=O) groups is 2. The Balaban J connectivity index is 1.89. The molecule has 1 aromatic carbocycles. The first-order chi connectivity index (χ1) is 13.5. The van der Waals surface area contributed by atoms with Crippen LogP contribution in [0.4, 0.5) is 13.2 Å². The molecule has 4 nitrogen and oxygen atoms in total. The summed E-state index contributed by atoms with van der Waals surface area (Å²) in [6.07, 6.45) is -0.773. The average Bonchev–Trinajstić information content (AvgIpc) is 2.97. The summed E-state index contributed by atoms with van der Waals surface area (Å²) in [4.78, 5) is 29.5. The van der Waals surface area contributed by atoms with E-state index in [1.165, 1.54) is 12.1 Å². The lowest BCUT2D eigenvalue weighted by molar-refractivity contribution is -0.145. The number of alkyl halides is 3. The van der Waals surface area contributed by atoms with E-state index in [2.05, 4.69) is 0 Å². The summed E-state index contributed by atoms with van der Waals surface area (Å²) in [6.45, 7) is 6.65. The maximum absolute atomic E-state index is 13.0. The molecular formula is C22H29F3N2O2. The van der Waals surface area contributed by atoms with Crippen molar-refractivity contribution < 1.29 is 22.8 Å². The van der Waals surface area contributed by atoms with Crippen LogP contribution in [0.1, 0.15) is 64.0 Å². The summed E-state index contributed by atoms with van der Waals surface area (Å²) in [5.74, 6) is -0.000901. The third-order valence-electron chi connectivity index (χ3n) is 6.39. The Kier molecular flexibility index (Phi) is 5.97. The van der Waals surface area contributed by atoms with E-state index in [4.69, 9.17) is 0 Å². The number of benzene rings is 1. The van der Waals surface area contributed by atoms with Crippen LogP contribution in [-0.4, -0.2) is 39.7 Å². The monoisotopic (exact) mass is 410 g/mol. The van der Waals surface area contributed by atoms with Gasteiger partial charge in [0.2, 0.25) is 11.8 Å². The molecule has 0 radical (unpaired) electrons. The largest absolute Gasteiger partial charge is 0.416 e. The van der Waals surface area contributed by atoms with Gasteiger partial charge in [0.25, 0.3) is 0 Å². The van der Waals surface area contributed by atoms with Gasteiger partial charge in [-0.1, -0.05) is 32.4 Å². The summed E-state index contributed by atoms with van der Waals surface area (Å²) in [5.41, 5.74) is -0.537. The van der Waals surface area contributed by atoms with Crippen molar-refractivity contribution in [1.82, 2.24) is 9.80 Å². The summed E-state index contributed by atoms with van der Waals surface area (Å²) in [6, 6.07) is 4.95. The van der Waals surface area contributed by atoms with Gasteiger partial charge in [-0.15, -0.1) is 0 Å². The Labute approximate surface area is 170 Å². The van der Waals surface area contributed by atoms with Crippen molar-refractivity contribution in [3.8, 4) is 0 Å². The van der Waals surface area contributed by atoms with Crippen LogP contribution in [0.25, 0.3) is 0 Å². The van der Waals surface area contributed by atoms with Crippen molar-refractivity contribution in [3.05, 3.63) is 35.4 Å². The number of nitrogens with zero attached hydrogens (tertiary/aromatic N) is 2. The number of hydrogen-bond donors (Lipinski definition) is 0. The van der Waals surface area contributed by atoms with Gasteiger partial charge in [0.05, 0.1) is 17.1 Å². The van der Waals surface area contributed by atoms with Crippen molar-refractivity contribution in [2.45, 2.75) is 77.2 Å². The third-order valence-corrected chi connectivity index (χ3v) is 6.39. The number of fused-ring (bicyclic) bond motifs is 1. The van der Waals surface area contributed by atoms with Gasteiger partial charge in [0.15, 0.2) is 0 Å². The summed E-state index contributed by atoms with van der Waals surface area (Å²) in [7, 11) is 0. The zero-order chi connectivity index (χ0) is 21.4. The van der Waals surface area contributed by atoms with Gasteiger partial charge in [-0.05, 0) is 43.9 Å². The van der Waals surface area contributed by atoms with Crippen molar-refractivity contribution >= 4 is 11.8 Å². The second-order valence-corrected chi connectivity index (χ2v) is 8.73. The summed E-state index contributed by atoms with van der Waals surface area (Å²) < 4.78 is 38.6. The van der Waals surface area contributed by atoms with Crippen molar-refractivity contribution in [2.24, 2.45) is 5.92 Å². The zero-order valence-corrected chi connectivity index (χ0v) is 17.3. The van der Waals surface area contributed by atoms with E-state index in [0.29, 0.717) is 24.9 Å². The second kappa shape index (κ2) is 8.00. The third kappa shape index (κ3) is 4.28. The van der Waals surface area contributed by atoms with Crippen LogP contribution in [0.5, 0.6) is 0 Å². The van der Waals surface area contributed by atoms with Gasteiger partial charge < -0.3 is 9.80 Å². The van der Waals surface area contributed by atoms with E-state index in [1.54, 1.807) is 0 Å². The molecule has 2 fully saturated rings. The molecule has 2 aliphatic heterocycles. The molecule has 160 valence electrons. The average molecular weight is 410 g/mol. The van der Waals surface area contributed by atoms with Crippen LogP contribution < -0.4 is 0 Å². The maximum Gasteiger partial charge on any atom is 0.416 e. The van der Waals surface area contributed by atoms with Crippen molar-refractivity contribution in [2.75, 3.05) is 6.54 Å². The minimum absolute atomic E-state index is 0.0101. The van der Waals surface area contributed by atoms with Gasteiger partial charge in [0.1, 0.15) is 0 Å². The molecule has 0 saturated carbocycles. The number of hydrogen-bond acceptors (Lipinski definition) is 2. The lowest BCUT2D eigenvalue weighted by Gasteiger charge is -2.46. The number of halogens is 3. The quantitative estimate of drug-likeness (QED) is 0.729. The fourth-order valence-corrected chi connectivity index (χ4v) is 4.67. The maximum atomic E-state index is 13.0. The molecule has 0 aromatic heterocycles. The highest BCUT2D eigenvalue weighted by Crippen LogP contribution is 2.40. The first-order valence-corrected chi connectivity index (χ1v) is 10.3. The van der Waals surface area contributed by atoms with E-state index in [-0.39, 0.29) is 30.3 Å². The van der Waals surface area contributed by atoms with E-state index in [9.17, 15) is 22.8 Å². The Morgan fingerprint density at radius 1 is 1.21 bits per heavy atom. The molecule has 0 spiro atoms. The minimum Gasteiger partial charge on any atom is -0.337 e. The predicted molar refractivity (Wildman–Crippen MR) is 104 cm³/mol. The molecule has 0 unspecified atom stereocenters. The number of rotatable bonds is 3. The molecule has 7 heteroatoms. The molecule has 2 heterocycles. The molecule has 3 rings (SSSR count). The van der Waals surface area contributed by atoms with Crippen LogP contribution in [0.3, 0.4) is 0 Å². The van der Waals surface area contributed by atoms with Gasteiger partial charge in [-0.2, -0.15) is 13.2 Å². The van der Waals surface area contributed by atoms with E-state index >= 15 is 0 Å². The molecule has 2 atom stereocenters. The van der Waals surface area contributed by atoms with Gasteiger partial charge >= 0.3 is 6.18 Å². The fourth-order valence-electron chi connectivity index (χ4n) is 4.67. The lowest BCUT2D eigenvalue weighted by atomic mass is 9.84. The Bertz CT molecular complexity index is 760. The molecule has 0 N–H and O–H groups in total. The highest BCUT2D eigenvalue weighted by atomic mass is 19.4. The normalized spacial score (nSPS) is 25.8. The van der Waals surface area contributed by atoms with Crippen LogP contribution >= 0.6 is 0 Å². The number of amides is 2. The van der Waals surface area contributed by atoms with E-state index in [1.807, 2.05) is 30.6 Å². The molecular weight excluding hydrogens is 381 g/mol. The molecule has 2 amide bonds. The van der Waals surface area contributed by atoms with Gasteiger partial charge in [0, 0.05) is 25.4 Å². The van der Waals surface area contributed by atoms with E-state index < -0.39 is 17.3 Å². The summed E-state index contributed by atoms with van der Waals surface area (Å²) >= 11 is 0. The number of carbonyl (C=O) groups excluding carboxylic acids is 2. The zero-order valence-electron chi connectivity index (χ0n) is 17.3. The van der Waals surface area contributed by atoms with Crippen LogP contribution in [-0.2, 0) is 22.3 Å². The molecule has 29 heavy (non-hydrogen) atoms. The smallest absolute Gasteiger partial charge is 0.337 e. The van der Waals surface area contributed by atoms with Crippen molar-refractivity contribution in [1.29, 1.82) is 0 Å². The second-order valence-electron chi connectivity index (χ2n) is 8.73. The van der Waals surface area contributed by atoms with Gasteiger partial charge in [-0.25, -0.2) is 0 Å². The Morgan fingerprint density at radius 3 is 2.45 bits per heavy atom. The number of likely N-dealkylation sites (tertiary alicyclic amines) is 2. The molecule has 2 aliphatic rings. The van der Waals surface area contributed by atoms with Gasteiger partial charge in [-0.3, -0.25) is 9.59 Å². The molecule has 1 aromatic rings. The lowest BCUT2D eigenvalue weighted by Crippen LogP contribution is -2.58. The summed E-state index contributed by atoms with van der Waals surface area (Å²) in [5, 5.41) is 0. The first-order valence-electron chi connectivity index (χ1n) is 10.3. The SMILES string of the molecule is CC(C)C(=O)N1CC[C@]2(C)[C@H]1CCCCC(=O)N2Cc1ccc(C(F)(F)F)cc1. The fraction of sp³-hybridized carbons (Fsp3) is 0.636. The van der Waals surface area contributed by atoms with E-state index in [0.717, 1.165) is 31.4 Å². The topological polar surface area (TPSA) is 40.6 Å². The minimum atomic E-state index is -4.38. The predicted octanol–water partition coefficient (Wildman–Crippen LogP) is 4.62. The highest BCUT2D eigenvalue weighted by molar-refractivity contribution is 5.80. The standard InChI is InChI=1S/C22H29F3N2O2/c1-15(2)20(29)26-13-12-21(3)18(26)6-4-5-7-19(28)27(21)14-16-8-10-17(11-9-16)22(23,24)25/h8-11,15,18H,4-7,12-14H2,1-3H3/t18-,21-/m1/s1. The van der Waals surface area contributed by atoms with Crippen molar-refractivity contribution in [3.63, 3.8) is 0 Å². The Morgan fingerprint density at radius 2 is 1.86 bits per heavy atom. The highest BCUT2D eigenvalue weighted by Gasteiger charge is 2.51. The molecule has 0 bridgehead atoms. The van der Waals surface area contributed by atoms with Crippen LogP contribution in [0.15, 0.2) is 24.3 Å². The van der Waals surface area contributed by atoms with Crippen LogP contribution in [0, 0.1) is 5.92 Å². The first kappa shape index (κ1) is 21.7. The molecule has 0 aliphatic carbocycles. The molecule has 2 saturated heterocycles.